The Morgan fingerprint density at radius 1 is 0.950 bits per heavy atom. The smallest absolute Gasteiger partial charge is 0.325 e. The van der Waals surface area contributed by atoms with Crippen LogP contribution in [0.15, 0.2) is 24.3 Å². The lowest BCUT2D eigenvalue weighted by molar-refractivity contribution is -0.317. The van der Waals surface area contributed by atoms with Gasteiger partial charge in [-0.05, 0) is 31.2 Å². The van der Waals surface area contributed by atoms with Crippen LogP contribution in [0.2, 0.25) is 0 Å². The monoisotopic (exact) mass is 303 g/mol. The number of nitrogens with one attached hydrogen (secondary N) is 1. The number of carbonyl (C=O) groups excluding carboxylic acids is 1. The van der Waals surface area contributed by atoms with Gasteiger partial charge in [0.2, 0.25) is 11.3 Å². The molecule has 0 aromatic heterocycles. The van der Waals surface area contributed by atoms with Crippen LogP contribution in [0.4, 0.5) is 36.4 Å². The number of alkyl halides is 6. The molecular weight excluding hydrogens is 295 g/mol. The predicted molar refractivity (Wildman–Crippen MR) is 55.2 cm³/mol. The van der Waals surface area contributed by atoms with Crippen LogP contribution < -0.4 is 5.32 Å². The van der Waals surface area contributed by atoms with Crippen molar-refractivity contribution in [3.8, 4) is 0 Å². The Labute approximate surface area is 108 Å². The Hall–Kier alpha value is -1.80. The second-order valence-electron chi connectivity index (χ2n) is 4.08. The first kappa shape index (κ1) is 16.3. The molecule has 0 unspecified atom stereocenters. The van der Waals surface area contributed by atoms with Crippen molar-refractivity contribution >= 4 is 11.6 Å². The van der Waals surface area contributed by atoms with Crippen molar-refractivity contribution in [3.63, 3.8) is 0 Å². The summed E-state index contributed by atoms with van der Waals surface area (Å²) in [4.78, 5) is 11.4. The molecule has 112 valence electrons. The first-order valence-corrected chi connectivity index (χ1v) is 5.10. The van der Waals surface area contributed by atoms with Crippen molar-refractivity contribution in [1.29, 1.82) is 0 Å². The lowest BCUT2D eigenvalue weighted by Gasteiger charge is -2.32. The van der Waals surface area contributed by atoms with E-state index >= 15 is 0 Å². The molecule has 0 heterocycles. The molecule has 1 rings (SSSR count). The summed E-state index contributed by atoms with van der Waals surface area (Å²) < 4.78 is 88.0. The molecule has 0 radical (unpaired) electrons. The number of halogens is 7. The van der Waals surface area contributed by atoms with Gasteiger partial charge in [0, 0.05) is 5.69 Å². The highest BCUT2D eigenvalue weighted by atomic mass is 19.4. The summed E-state index contributed by atoms with van der Waals surface area (Å²) in [5.41, 5.74) is -4.94. The van der Waals surface area contributed by atoms with Gasteiger partial charge in [-0.3, -0.25) is 4.79 Å². The van der Waals surface area contributed by atoms with E-state index in [-0.39, 0.29) is 12.6 Å². The summed E-state index contributed by atoms with van der Waals surface area (Å²) in [6.07, 6.45) is -11.6. The first-order chi connectivity index (χ1) is 8.89. The molecule has 9 heteroatoms. The van der Waals surface area contributed by atoms with E-state index in [0.717, 1.165) is 24.3 Å². The molecule has 0 saturated carbocycles. The molecule has 0 spiro atoms. The fraction of sp³-hybridized carbons (Fsp3) is 0.364. The third kappa shape index (κ3) is 2.86. The zero-order valence-corrected chi connectivity index (χ0v) is 9.86. The summed E-state index contributed by atoms with van der Waals surface area (Å²) in [5.74, 6) is -3.04. The van der Waals surface area contributed by atoms with Gasteiger partial charge in [0.15, 0.2) is 0 Å². The van der Waals surface area contributed by atoms with E-state index in [2.05, 4.69) is 0 Å². The molecule has 20 heavy (non-hydrogen) atoms. The predicted octanol–water partition coefficient (Wildman–Crippen LogP) is 3.90. The number of carbonyl (C=O) groups is 1. The maximum Gasteiger partial charge on any atom is 0.411 e. The van der Waals surface area contributed by atoms with Crippen LogP contribution in [0.5, 0.6) is 0 Å². The van der Waals surface area contributed by atoms with Gasteiger partial charge >= 0.3 is 12.4 Å². The van der Waals surface area contributed by atoms with Gasteiger partial charge in [0.25, 0.3) is 0 Å². The Morgan fingerprint density at radius 2 is 1.35 bits per heavy atom. The lowest BCUT2D eigenvalue weighted by Crippen LogP contribution is -2.55. The molecule has 0 atom stereocenters. The fourth-order valence-corrected chi connectivity index (χ4v) is 1.21. The highest BCUT2D eigenvalue weighted by Gasteiger charge is 2.72. The minimum atomic E-state index is -5.82. The topological polar surface area (TPSA) is 29.1 Å². The van der Waals surface area contributed by atoms with E-state index in [1.54, 1.807) is 0 Å². The Kier molecular flexibility index (Phi) is 4.02. The average molecular weight is 303 g/mol. The van der Waals surface area contributed by atoms with Crippen LogP contribution in [-0.4, -0.2) is 18.3 Å². The second kappa shape index (κ2) is 4.95. The van der Waals surface area contributed by atoms with Crippen LogP contribution >= 0.6 is 0 Å². The molecule has 0 bridgehead atoms. The lowest BCUT2D eigenvalue weighted by atomic mass is 9.87. The first-order valence-electron chi connectivity index (χ1n) is 5.10. The van der Waals surface area contributed by atoms with Gasteiger partial charge in [-0.1, -0.05) is 0 Å². The van der Waals surface area contributed by atoms with Crippen molar-refractivity contribution < 1.29 is 35.5 Å². The van der Waals surface area contributed by atoms with E-state index in [9.17, 15) is 35.5 Å². The van der Waals surface area contributed by atoms with Gasteiger partial charge in [0.05, 0.1) is 0 Å². The number of amides is 1. The van der Waals surface area contributed by atoms with Gasteiger partial charge in [-0.15, -0.1) is 0 Å². The summed E-state index contributed by atoms with van der Waals surface area (Å²) in [5, 5.41) is 1.48. The fourth-order valence-electron chi connectivity index (χ4n) is 1.21. The van der Waals surface area contributed by atoms with Gasteiger partial charge in [0.1, 0.15) is 5.82 Å². The molecule has 2 nitrogen and oxygen atoms in total. The Balaban J connectivity index is 3.11. The van der Waals surface area contributed by atoms with Crippen molar-refractivity contribution in [2.24, 2.45) is 5.41 Å². The Morgan fingerprint density at radius 3 is 1.70 bits per heavy atom. The van der Waals surface area contributed by atoms with Gasteiger partial charge in [-0.25, -0.2) is 4.39 Å². The SMILES string of the molecule is CC(C(=O)Nc1ccc(F)cc1)(C(F)(F)F)C(F)(F)F. The molecule has 1 N–H and O–H groups in total. The molecular formula is C11H8F7NO. The van der Waals surface area contributed by atoms with Crippen LogP contribution in [0, 0.1) is 11.2 Å². The molecule has 0 aliphatic heterocycles. The molecule has 0 saturated heterocycles. The van der Waals surface area contributed by atoms with Crippen LogP contribution in [0.3, 0.4) is 0 Å². The zero-order valence-electron chi connectivity index (χ0n) is 9.86. The molecule has 0 aliphatic rings. The highest BCUT2D eigenvalue weighted by molar-refractivity contribution is 5.96. The summed E-state index contributed by atoms with van der Waals surface area (Å²) in [6.45, 7) is -0.258. The molecule has 1 aromatic rings. The normalized spacial score (nSPS) is 13.2. The maximum absolute atomic E-state index is 12.6. The van der Waals surface area contributed by atoms with E-state index in [1.165, 1.54) is 5.32 Å². The van der Waals surface area contributed by atoms with E-state index < -0.39 is 29.5 Å². The standard InChI is InChI=1S/C11H8F7NO/c1-9(10(13,14)15,11(16,17)18)8(20)19-7-4-2-6(12)3-5-7/h2-5H,1H3,(H,19,20). The van der Waals surface area contributed by atoms with Crippen molar-refractivity contribution in [2.75, 3.05) is 5.32 Å². The van der Waals surface area contributed by atoms with Crippen molar-refractivity contribution in [2.45, 2.75) is 19.3 Å². The summed E-state index contributed by atoms with van der Waals surface area (Å²) >= 11 is 0. The zero-order chi connectivity index (χ0) is 15.8. The second-order valence-corrected chi connectivity index (χ2v) is 4.08. The number of hydrogen-bond donors (Lipinski definition) is 1. The molecule has 0 fully saturated rings. The van der Waals surface area contributed by atoms with Crippen molar-refractivity contribution in [1.82, 2.24) is 0 Å². The summed E-state index contributed by atoms with van der Waals surface area (Å²) in [7, 11) is 0. The van der Waals surface area contributed by atoms with Crippen LogP contribution in [0.25, 0.3) is 0 Å². The number of anilines is 1. The minimum Gasteiger partial charge on any atom is -0.325 e. The molecule has 0 aliphatic carbocycles. The van der Waals surface area contributed by atoms with Crippen LogP contribution in [0.1, 0.15) is 6.92 Å². The van der Waals surface area contributed by atoms with Crippen molar-refractivity contribution in [3.05, 3.63) is 30.1 Å². The van der Waals surface area contributed by atoms with E-state index in [0.29, 0.717) is 0 Å². The van der Waals surface area contributed by atoms with Gasteiger partial charge < -0.3 is 5.32 Å². The molecule has 1 amide bonds. The maximum atomic E-state index is 12.6. The third-order valence-electron chi connectivity index (χ3n) is 2.69. The third-order valence-corrected chi connectivity index (χ3v) is 2.69. The number of benzene rings is 1. The molecule has 1 aromatic carbocycles. The summed E-state index contributed by atoms with van der Waals surface area (Å²) in [6, 6.07) is 3.27. The quantitative estimate of drug-likeness (QED) is 0.825. The van der Waals surface area contributed by atoms with E-state index in [4.69, 9.17) is 0 Å². The number of hydrogen-bond acceptors (Lipinski definition) is 1. The Bertz CT molecular complexity index is 475. The highest BCUT2D eigenvalue weighted by Crippen LogP contribution is 2.50. The largest absolute Gasteiger partial charge is 0.411 e. The van der Waals surface area contributed by atoms with Crippen LogP contribution in [-0.2, 0) is 4.79 Å². The van der Waals surface area contributed by atoms with E-state index in [1.807, 2.05) is 0 Å². The average Bonchev–Trinajstić information content (AvgIpc) is 2.28. The van der Waals surface area contributed by atoms with Gasteiger partial charge in [-0.2, -0.15) is 26.3 Å². The number of rotatable bonds is 2. The minimum absolute atomic E-state index is 0.258.